The van der Waals surface area contributed by atoms with Gasteiger partial charge in [0.1, 0.15) is 0 Å². The molecule has 0 aromatic heterocycles. The van der Waals surface area contributed by atoms with Gasteiger partial charge in [-0.15, -0.1) is 0 Å². The molecule has 0 radical (unpaired) electrons. The fourth-order valence-electron chi connectivity index (χ4n) is 1.17. The van der Waals surface area contributed by atoms with Crippen molar-refractivity contribution in [1.82, 2.24) is 0 Å². The first-order valence-electron chi connectivity index (χ1n) is 4.43. The number of Topliss-reactive ketones (excluding diaryl/α,β-unsaturated/α-hetero) is 1. The molecule has 0 atom stereocenters. The summed E-state index contributed by atoms with van der Waals surface area (Å²) in [5, 5.41) is 10.2. The summed E-state index contributed by atoms with van der Waals surface area (Å²) in [4.78, 5) is 22.8. The zero-order chi connectivity index (χ0) is 11.4. The number of hydrogen-bond donors (Lipinski definition) is 0. The molecule has 0 amide bonds. The lowest BCUT2D eigenvalue weighted by atomic mass is 10.1. The molecule has 0 N–H and O–H groups in total. The van der Waals surface area contributed by atoms with E-state index in [1.165, 1.54) is 0 Å². The van der Waals surface area contributed by atoms with Crippen LogP contribution in [-0.2, 0) is 0 Å². The van der Waals surface area contributed by atoms with Crippen LogP contribution in [0.1, 0.15) is 10.4 Å². The van der Waals surface area contributed by atoms with Gasteiger partial charge < -0.3 is 4.90 Å². The Hall–Kier alpha value is -1.91. The average Bonchev–Trinajstić information content (AvgIpc) is 2.17. The number of nitro groups is 1. The Kier molecular flexibility index (Phi) is 3.38. The number of benzene rings is 1. The van der Waals surface area contributed by atoms with Crippen LogP contribution < -0.4 is 4.90 Å². The molecule has 0 spiro atoms. The molecule has 15 heavy (non-hydrogen) atoms. The van der Waals surface area contributed by atoms with E-state index in [1.54, 1.807) is 18.2 Å². The van der Waals surface area contributed by atoms with Gasteiger partial charge >= 0.3 is 0 Å². The molecular weight excluding hydrogens is 196 g/mol. The van der Waals surface area contributed by atoms with Crippen LogP contribution in [-0.4, -0.2) is 31.3 Å². The van der Waals surface area contributed by atoms with E-state index in [4.69, 9.17) is 0 Å². The lowest BCUT2D eigenvalue weighted by molar-refractivity contribution is -0.465. The number of anilines is 1. The topological polar surface area (TPSA) is 63.5 Å². The summed E-state index contributed by atoms with van der Waals surface area (Å²) in [7, 11) is 3.69. The summed E-state index contributed by atoms with van der Waals surface area (Å²) >= 11 is 0. The zero-order valence-electron chi connectivity index (χ0n) is 8.64. The summed E-state index contributed by atoms with van der Waals surface area (Å²) < 4.78 is 0. The Morgan fingerprint density at radius 1 is 1.47 bits per heavy atom. The second-order valence-electron chi connectivity index (χ2n) is 3.36. The van der Waals surface area contributed by atoms with Crippen molar-refractivity contribution in [1.29, 1.82) is 0 Å². The van der Waals surface area contributed by atoms with E-state index in [0.717, 1.165) is 5.69 Å². The van der Waals surface area contributed by atoms with Crippen LogP contribution in [0.25, 0.3) is 0 Å². The molecule has 0 saturated carbocycles. The molecule has 0 unspecified atom stereocenters. The molecule has 0 bridgehead atoms. The highest BCUT2D eigenvalue weighted by molar-refractivity contribution is 5.97. The molecule has 0 aliphatic carbocycles. The summed E-state index contributed by atoms with van der Waals surface area (Å²) in [6, 6.07) is 6.77. The van der Waals surface area contributed by atoms with Crippen LogP contribution in [0.3, 0.4) is 0 Å². The molecule has 0 fully saturated rings. The maximum Gasteiger partial charge on any atom is 0.265 e. The summed E-state index contributed by atoms with van der Waals surface area (Å²) in [5.41, 5.74) is 1.22. The first-order valence-corrected chi connectivity index (χ1v) is 4.43. The van der Waals surface area contributed by atoms with Gasteiger partial charge in [0.05, 0.1) is 0 Å². The van der Waals surface area contributed by atoms with Crippen LogP contribution in [0.2, 0.25) is 0 Å². The molecule has 1 aromatic rings. The van der Waals surface area contributed by atoms with E-state index in [-0.39, 0.29) is 0 Å². The number of rotatable bonds is 4. The third kappa shape index (κ3) is 3.05. The maximum absolute atomic E-state index is 11.4. The number of carbonyl (C=O) groups is 1. The number of ketones is 1. The fraction of sp³-hybridized carbons (Fsp3) is 0.300. The van der Waals surface area contributed by atoms with E-state index < -0.39 is 17.3 Å². The fourth-order valence-corrected chi connectivity index (χ4v) is 1.17. The van der Waals surface area contributed by atoms with Gasteiger partial charge in [0.2, 0.25) is 5.78 Å². The van der Waals surface area contributed by atoms with Crippen molar-refractivity contribution >= 4 is 11.5 Å². The Balaban J connectivity index is 2.90. The number of nitrogens with zero attached hydrogens (tertiary/aromatic N) is 2. The van der Waals surface area contributed by atoms with Gasteiger partial charge in [0.15, 0.2) is 0 Å². The largest absolute Gasteiger partial charge is 0.378 e. The lowest BCUT2D eigenvalue weighted by Crippen LogP contribution is -2.15. The second kappa shape index (κ2) is 4.54. The Morgan fingerprint density at radius 2 is 2.13 bits per heavy atom. The first-order chi connectivity index (χ1) is 7.00. The van der Waals surface area contributed by atoms with E-state index in [1.807, 2.05) is 25.1 Å². The van der Waals surface area contributed by atoms with Crippen molar-refractivity contribution in [3.63, 3.8) is 0 Å². The van der Waals surface area contributed by atoms with Gasteiger partial charge in [-0.1, -0.05) is 12.1 Å². The van der Waals surface area contributed by atoms with E-state index in [2.05, 4.69) is 0 Å². The van der Waals surface area contributed by atoms with Gasteiger partial charge in [-0.25, -0.2) is 0 Å². The molecule has 5 heteroatoms. The van der Waals surface area contributed by atoms with Gasteiger partial charge in [0.25, 0.3) is 6.54 Å². The molecule has 0 aliphatic heterocycles. The quantitative estimate of drug-likeness (QED) is 0.424. The predicted octanol–water partition coefficient (Wildman–Crippen LogP) is 1.21. The molecule has 0 aliphatic rings. The van der Waals surface area contributed by atoms with Crippen LogP contribution in [0.5, 0.6) is 0 Å². The van der Waals surface area contributed by atoms with E-state index in [9.17, 15) is 14.9 Å². The number of hydrogen-bond acceptors (Lipinski definition) is 4. The van der Waals surface area contributed by atoms with E-state index in [0.29, 0.717) is 5.56 Å². The van der Waals surface area contributed by atoms with Crippen molar-refractivity contribution < 1.29 is 9.72 Å². The van der Waals surface area contributed by atoms with Crippen molar-refractivity contribution in [2.24, 2.45) is 0 Å². The van der Waals surface area contributed by atoms with Gasteiger partial charge in [0, 0.05) is 30.3 Å². The molecule has 5 nitrogen and oxygen atoms in total. The molecule has 1 rings (SSSR count). The third-order valence-electron chi connectivity index (χ3n) is 1.96. The summed E-state index contributed by atoms with van der Waals surface area (Å²) in [5.74, 6) is -0.469. The Bertz CT molecular complexity index is 388. The summed E-state index contributed by atoms with van der Waals surface area (Å²) in [6.07, 6.45) is 0. The SMILES string of the molecule is CN(C)c1cccc(C(=O)C[N+](=O)[O-])c1. The van der Waals surface area contributed by atoms with Crippen molar-refractivity contribution in [3.05, 3.63) is 39.9 Å². The Labute approximate surface area is 87.5 Å². The van der Waals surface area contributed by atoms with Crippen molar-refractivity contribution in [2.75, 3.05) is 25.5 Å². The van der Waals surface area contributed by atoms with Crippen molar-refractivity contribution in [3.8, 4) is 0 Å². The minimum Gasteiger partial charge on any atom is -0.378 e. The normalized spacial score (nSPS) is 9.73. The van der Waals surface area contributed by atoms with Gasteiger partial charge in [-0.3, -0.25) is 14.9 Å². The molecular formula is C10H12N2O3. The lowest BCUT2D eigenvalue weighted by Gasteiger charge is -2.12. The van der Waals surface area contributed by atoms with Gasteiger partial charge in [-0.2, -0.15) is 0 Å². The third-order valence-corrected chi connectivity index (χ3v) is 1.96. The molecule has 80 valence electrons. The van der Waals surface area contributed by atoms with Gasteiger partial charge in [-0.05, 0) is 12.1 Å². The molecule has 0 saturated heterocycles. The highest BCUT2D eigenvalue weighted by Gasteiger charge is 2.12. The predicted molar refractivity (Wildman–Crippen MR) is 57.0 cm³/mol. The zero-order valence-corrected chi connectivity index (χ0v) is 8.64. The van der Waals surface area contributed by atoms with Crippen LogP contribution >= 0.6 is 0 Å². The highest BCUT2D eigenvalue weighted by Crippen LogP contribution is 2.13. The average molecular weight is 208 g/mol. The minimum atomic E-state index is -0.656. The highest BCUT2D eigenvalue weighted by atomic mass is 16.6. The monoisotopic (exact) mass is 208 g/mol. The van der Waals surface area contributed by atoms with Crippen LogP contribution in [0, 0.1) is 10.1 Å². The standard InChI is InChI=1S/C10H12N2O3/c1-11(2)9-5-3-4-8(6-9)10(13)7-12(14)15/h3-6H,7H2,1-2H3. The first kappa shape index (κ1) is 11.2. The summed E-state index contributed by atoms with van der Waals surface area (Å²) in [6.45, 7) is -0.656. The minimum absolute atomic E-state index is 0.373. The van der Waals surface area contributed by atoms with Crippen molar-refractivity contribution in [2.45, 2.75) is 0 Å². The van der Waals surface area contributed by atoms with Crippen LogP contribution in [0.15, 0.2) is 24.3 Å². The maximum atomic E-state index is 11.4. The van der Waals surface area contributed by atoms with E-state index >= 15 is 0 Å². The smallest absolute Gasteiger partial charge is 0.265 e. The Morgan fingerprint density at radius 3 is 2.67 bits per heavy atom. The molecule has 1 aromatic carbocycles. The van der Waals surface area contributed by atoms with Crippen LogP contribution in [0.4, 0.5) is 5.69 Å². The molecule has 0 heterocycles. The second-order valence-corrected chi connectivity index (χ2v) is 3.36. The number of carbonyl (C=O) groups excluding carboxylic acids is 1.